The van der Waals surface area contributed by atoms with Crippen LogP contribution >= 0.6 is 0 Å². The number of aryl methyl sites for hydroxylation is 1. The Morgan fingerprint density at radius 3 is 2.52 bits per heavy atom. The zero-order chi connectivity index (χ0) is 15.1. The normalized spacial score (nSPS) is 10.4. The Morgan fingerprint density at radius 2 is 1.86 bits per heavy atom. The topological polar surface area (TPSA) is 72.0 Å². The molecule has 0 aliphatic rings. The number of pyridine rings is 1. The van der Waals surface area contributed by atoms with Crippen molar-refractivity contribution in [3.05, 3.63) is 41.5 Å². The number of aromatic nitrogens is 3. The number of nitrogens with one attached hydrogen (secondary N) is 2. The molecule has 0 bridgehead atoms. The third-order valence-electron chi connectivity index (χ3n) is 2.80. The molecule has 2 aromatic heterocycles. The highest BCUT2D eigenvalue weighted by Gasteiger charge is 2.04. The molecular weight excluding hydrogens is 266 g/mol. The fourth-order valence-corrected chi connectivity index (χ4v) is 1.93. The molecule has 0 saturated heterocycles. The van der Waals surface area contributed by atoms with Crippen molar-refractivity contribution in [2.75, 3.05) is 24.3 Å². The monoisotopic (exact) mass is 287 g/mol. The lowest BCUT2D eigenvalue weighted by molar-refractivity contribution is 0.178. The van der Waals surface area contributed by atoms with Gasteiger partial charge in [0.25, 0.3) is 0 Å². The number of rotatable bonds is 7. The van der Waals surface area contributed by atoms with E-state index in [1.807, 2.05) is 38.1 Å². The minimum Gasteiger partial charge on any atom is -0.377 e. The smallest absolute Gasteiger partial charge is 0.158 e. The first-order chi connectivity index (χ1) is 10.2. The highest BCUT2D eigenvalue weighted by atomic mass is 16.5. The van der Waals surface area contributed by atoms with Crippen LogP contribution in [0.3, 0.4) is 0 Å². The average molecular weight is 287 g/mol. The molecular formula is C15H21N5O. The Labute approximate surface area is 125 Å². The maximum absolute atomic E-state index is 5.10. The van der Waals surface area contributed by atoms with Gasteiger partial charge in [0, 0.05) is 25.4 Å². The van der Waals surface area contributed by atoms with Gasteiger partial charge >= 0.3 is 0 Å². The first-order valence-corrected chi connectivity index (χ1v) is 6.98. The molecule has 0 atom stereocenters. The first-order valence-electron chi connectivity index (χ1n) is 6.98. The maximum Gasteiger partial charge on any atom is 0.158 e. The Balaban J connectivity index is 2.10. The van der Waals surface area contributed by atoms with Crippen molar-refractivity contribution in [1.29, 1.82) is 0 Å². The third-order valence-corrected chi connectivity index (χ3v) is 2.80. The van der Waals surface area contributed by atoms with Gasteiger partial charge in [0.15, 0.2) is 5.82 Å². The van der Waals surface area contributed by atoms with Gasteiger partial charge in [0.05, 0.1) is 12.2 Å². The molecule has 0 aliphatic carbocycles. The van der Waals surface area contributed by atoms with Crippen LogP contribution in [0, 0.1) is 6.92 Å². The molecule has 0 aromatic carbocycles. The maximum atomic E-state index is 5.10. The van der Waals surface area contributed by atoms with Gasteiger partial charge in [-0.25, -0.2) is 9.97 Å². The SMILES string of the molecule is CCNc1cc(NCc2cccc(C)n2)nc(COC)n1. The van der Waals surface area contributed by atoms with Gasteiger partial charge in [-0.3, -0.25) is 4.98 Å². The van der Waals surface area contributed by atoms with Gasteiger partial charge in [0.1, 0.15) is 18.2 Å². The molecule has 0 aliphatic heterocycles. The molecule has 0 saturated carbocycles. The van der Waals surface area contributed by atoms with Crippen LogP contribution in [0.4, 0.5) is 11.6 Å². The minimum absolute atomic E-state index is 0.386. The van der Waals surface area contributed by atoms with Gasteiger partial charge in [-0.05, 0) is 26.0 Å². The lowest BCUT2D eigenvalue weighted by Crippen LogP contribution is -2.09. The zero-order valence-electron chi connectivity index (χ0n) is 12.7. The molecule has 0 fully saturated rings. The molecule has 2 rings (SSSR count). The molecule has 0 radical (unpaired) electrons. The molecule has 0 spiro atoms. The van der Waals surface area contributed by atoms with Crippen LogP contribution in [-0.2, 0) is 17.9 Å². The van der Waals surface area contributed by atoms with Gasteiger partial charge in [-0.2, -0.15) is 0 Å². The fourth-order valence-electron chi connectivity index (χ4n) is 1.93. The summed E-state index contributed by atoms with van der Waals surface area (Å²) in [5.41, 5.74) is 1.98. The van der Waals surface area contributed by atoms with Crippen molar-refractivity contribution in [2.45, 2.75) is 27.0 Å². The highest BCUT2D eigenvalue weighted by molar-refractivity contribution is 5.47. The predicted molar refractivity (Wildman–Crippen MR) is 83.2 cm³/mol. The van der Waals surface area contributed by atoms with Crippen molar-refractivity contribution in [3.8, 4) is 0 Å². The fraction of sp³-hybridized carbons (Fsp3) is 0.400. The largest absolute Gasteiger partial charge is 0.377 e. The van der Waals surface area contributed by atoms with Crippen LogP contribution in [0.2, 0.25) is 0 Å². The van der Waals surface area contributed by atoms with Crippen molar-refractivity contribution < 1.29 is 4.74 Å². The summed E-state index contributed by atoms with van der Waals surface area (Å²) in [6.45, 7) is 5.83. The first kappa shape index (κ1) is 15.2. The Bertz CT molecular complexity index is 564. The summed E-state index contributed by atoms with van der Waals surface area (Å²) >= 11 is 0. The van der Waals surface area contributed by atoms with E-state index in [4.69, 9.17) is 4.74 Å². The van der Waals surface area contributed by atoms with Crippen molar-refractivity contribution in [2.24, 2.45) is 0 Å². The Kier molecular flexibility index (Phi) is 5.45. The van der Waals surface area contributed by atoms with Crippen LogP contribution in [0.15, 0.2) is 24.3 Å². The molecule has 6 nitrogen and oxygen atoms in total. The van der Waals surface area contributed by atoms with Gasteiger partial charge in [-0.1, -0.05) is 6.07 Å². The molecule has 6 heteroatoms. The molecule has 2 N–H and O–H groups in total. The Morgan fingerprint density at radius 1 is 1.10 bits per heavy atom. The van der Waals surface area contributed by atoms with E-state index in [9.17, 15) is 0 Å². The average Bonchev–Trinajstić information content (AvgIpc) is 2.46. The second-order valence-corrected chi connectivity index (χ2v) is 4.64. The van der Waals surface area contributed by atoms with E-state index in [2.05, 4.69) is 25.6 Å². The van der Waals surface area contributed by atoms with Crippen molar-refractivity contribution in [1.82, 2.24) is 15.0 Å². The summed E-state index contributed by atoms with van der Waals surface area (Å²) in [5, 5.41) is 6.47. The van der Waals surface area contributed by atoms with Crippen LogP contribution in [-0.4, -0.2) is 28.6 Å². The molecule has 0 unspecified atom stereocenters. The van der Waals surface area contributed by atoms with E-state index >= 15 is 0 Å². The second-order valence-electron chi connectivity index (χ2n) is 4.64. The van der Waals surface area contributed by atoms with E-state index in [0.29, 0.717) is 19.0 Å². The number of anilines is 2. The van der Waals surface area contributed by atoms with E-state index in [0.717, 1.165) is 29.6 Å². The zero-order valence-corrected chi connectivity index (χ0v) is 12.7. The van der Waals surface area contributed by atoms with E-state index in [1.165, 1.54) is 0 Å². The molecule has 0 amide bonds. The van der Waals surface area contributed by atoms with Crippen molar-refractivity contribution in [3.63, 3.8) is 0 Å². The standard InChI is InChI=1S/C15H21N5O/c1-4-16-13-8-14(20-15(19-13)10-21-3)17-9-12-7-5-6-11(2)18-12/h5-8H,4,9-10H2,1-3H3,(H2,16,17,19,20). The summed E-state index contributed by atoms with van der Waals surface area (Å²) in [6.07, 6.45) is 0. The highest BCUT2D eigenvalue weighted by Crippen LogP contribution is 2.13. The second kappa shape index (κ2) is 7.54. The molecule has 2 heterocycles. The number of methoxy groups -OCH3 is 1. The summed E-state index contributed by atoms with van der Waals surface area (Å²) < 4.78 is 5.10. The summed E-state index contributed by atoms with van der Waals surface area (Å²) in [6, 6.07) is 7.86. The summed E-state index contributed by atoms with van der Waals surface area (Å²) in [4.78, 5) is 13.3. The quantitative estimate of drug-likeness (QED) is 0.814. The minimum atomic E-state index is 0.386. The van der Waals surface area contributed by atoms with E-state index < -0.39 is 0 Å². The lowest BCUT2D eigenvalue weighted by atomic mass is 10.3. The predicted octanol–water partition coefficient (Wildman–Crippen LogP) is 2.37. The number of hydrogen-bond acceptors (Lipinski definition) is 6. The van der Waals surface area contributed by atoms with E-state index in [1.54, 1.807) is 7.11 Å². The molecule has 2 aromatic rings. The lowest BCUT2D eigenvalue weighted by Gasteiger charge is -2.10. The van der Waals surface area contributed by atoms with Gasteiger partial charge in [-0.15, -0.1) is 0 Å². The molecule has 112 valence electrons. The van der Waals surface area contributed by atoms with Crippen LogP contribution < -0.4 is 10.6 Å². The number of nitrogens with zero attached hydrogens (tertiary/aromatic N) is 3. The van der Waals surface area contributed by atoms with Crippen molar-refractivity contribution >= 4 is 11.6 Å². The van der Waals surface area contributed by atoms with Gasteiger partial charge in [0.2, 0.25) is 0 Å². The van der Waals surface area contributed by atoms with E-state index in [-0.39, 0.29) is 0 Å². The number of hydrogen-bond donors (Lipinski definition) is 2. The number of ether oxygens (including phenoxy) is 1. The molecule has 21 heavy (non-hydrogen) atoms. The van der Waals surface area contributed by atoms with Crippen LogP contribution in [0.25, 0.3) is 0 Å². The Hall–Kier alpha value is -2.21. The summed E-state index contributed by atoms with van der Waals surface area (Å²) in [7, 11) is 1.63. The third kappa shape index (κ3) is 4.68. The van der Waals surface area contributed by atoms with Crippen LogP contribution in [0.5, 0.6) is 0 Å². The van der Waals surface area contributed by atoms with Gasteiger partial charge < -0.3 is 15.4 Å². The van der Waals surface area contributed by atoms with Crippen LogP contribution in [0.1, 0.15) is 24.1 Å². The summed E-state index contributed by atoms with van der Waals surface area (Å²) in [5.74, 6) is 2.20.